The third-order valence-corrected chi connectivity index (χ3v) is 7.34. The van der Waals surface area contributed by atoms with Crippen LogP contribution in [0.5, 0.6) is 11.5 Å². The minimum Gasteiger partial charge on any atom is -0.465 e. The summed E-state index contributed by atoms with van der Waals surface area (Å²) in [6.07, 6.45) is 12.4. The number of epoxide rings is 1. The van der Waals surface area contributed by atoms with E-state index in [9.17, 15) is 0 Å². The van der Waals surface area contributed by atoms with Crippen LogP contribution in [0.3, 0.4) is 0 Å². The van der Waals surface area contributed by atoms with Gasteiger partial charge in [0.1, 0.15) is 11.5 Å². The van der Waals surface area contributed by atoms with E-state index in [0.717, 1.165) is 43.1 Å². The molecular formula is C25H39N2O3P. The number of nitrogens with one attached hydrogen (secondary N) is 1. The number of hydrogen-bond acceptors (Lipinski definition) is 5. The summed E-state index contributed by atoms with van der Waals surface area (Å²) in [5.41, 5.74) is 3.86. The molecule has 6 heteroatoms. The number of hydrogen-bond donors (Lipinski definition) is 1. The maximum Gasteiger partial charge on any atom is 0.244 e. The maximum atomic E-state index is 6.69. The van der Waals surface area contributed by atoms with Crippen LogP contribution in [-0.4, -0.2) is 38.0 Å². The fourth-order valence-corrected chi connectivity index (χ4v) is 5.27. The van der Waals surface area contributed by atoms with Crippen molar-refractivity contribution < 1.29 is 14.0 Å². The second-order valence-corrected chi connectivity index (χ2v) is 10.6. The summed E-state index contributed by atoms with van der Waals surface area (Å²) in [7, 11) is 3.13. The second-order valence-electron chi connectivity index (χ2n) is 8.79. The number of rotatable bonds is 13. The Morgan fingerprint density at radius 1 is 1.29 bits per heavy atom. The summed E-state index contributed by atoms with van der Waals surface area (Å²) in [4.78, 5) is 0. The molecule has 172 valence electrons. The Kier molecular flexibility index (Phi) is 9.40. The van der Waals surface area contributed by atoms with Crippen molar-refractivity contribution in [3.05, 3.63) is 47.7 Å². The first-order valence-electron chi connectivity index (χ1n) is 11.6. The Morgan fingerprint density at radius 3 is 2.71 bits per heavy atom. The van der Waals surface area contributed by atoms with E-state index in [0.29, 0.717) is 12.0 Å². The highest BCUT2D eigenvalue weighted by Gasteiger charge is 2.28. The van der Waals surface area contributed by atoms with Crippen molar-refractivity contribution in [3.63, 3.8) is 0 Å². The van der Waals surface area contributed by atoms with E-state index in [1.165, 1.54) is 49.5 Å². The van der Waals surface area contributed by atoms with Crippen molar-refractivity contribution in [2.45, 2.75) is 70.8 Å². The van der Waals surface area contributed by atoms with E-state index in [-0.39, 0.29) is 0 Å². The highest BCUT2D eigenvalue weighted by Crippen LogP contribution is 2.47. The van der Waals surface area contributed by atoms with Gasteiger partial charge in [-0.3, -0.25) is 0 Å². The molecule has 3 unspecified atom stereocenters. The maximum absolute atomic E-state index is 6.69. The second kappa shape index (κ2) is 12.0. The largest absolute Gasteiger partial charge is 0.465 e. The van der Waals surface area contributed by atoms with Crippen LogP contribution in [0.15, 0.2) is 36.6 Å². The van der Waals surface area contributed by atoms with Gasteiger partial charge in [0.05, 0.1) is 19.0 Å². The zero-order chi connectivity index (χ0) is 22.2. The van der Waals surface area contributed by atoms with Gasteiger partial charge >= 0.3 is 0 Å². The number of benzene rings is 1. The van der Waals surface area contributed by atoms with Crippen molar-refractivity contribution in [1.29, 1.82) is 0 Å². The molecule has 31 heavy (non-hydrogen) atoms. The Bertz CT molecular complexity index is 761. The molecule has 0 aromatic heterocycles. The molecular weight excluding hydrogens is 407 g/mol. The monoisotopic (exact) mass is 446 g/mol. The minimum atomic E-state index is -0.986. The number of unbranched alkanes of at least 4 members (excludes halogenated alkanes) is 2. The van der Waals surface area contributed by atoms with E-state index in [1.54, 1.807) is 0 Å². The Labute approximate surface area is 189 Å². The van der Waals surface area contributed by atoms with Gasteiger partial charge in [0.2, 0.25) is 8.45 Å². The standard InChI is InChI=1S/C25H39N2O3P/c1-6-8-9-12-20-15-23(28-7-2)25(21-13-10-11-19(3)14-21)24(16-20)30-31(27(4)5)26-17-22-18-29-22/h7,14-16,21-22,26H,2,6,8-13,17-18H2,1,3-5H3. The topological polar surface area (TPSA) is 46.3 Å². The van der Waals surface area contributed by atoms with Crippen molar-refractivity contribution >= 4 is 8.45 Å². The molecule has 1 fully saturated rings. The predicted molar refractivity (Wildman–Crippen MR) is 130 cm³/mol. The third-order valence-electron chi connectivity index (χ3n) is 5.79. The number of ether oxygens (including phenoxy) is 2. The lowest BCUT2D eigenvalue weighted by atomic mass is 9.84. The summed E-state index contributed by atoms with van der Waals surface area (Å²) in [5, 5.41) is 3.56. The Morgan fingerprint density at radius 2 is 2.06 bits per heavy atom. The molecule has 3 atom stereocenters. The van der Waals surface area contributed by atoms with Gasteiger partial charge in [-0.1, -0.05) is 38.0 Å². The first kappa shape index (κ1) is 24.3. The molecule has 5 nitrogen and oxygen atoms in total. The Balaban J connectivity index is 1.95. The highest BCUT2D eigenvalue weighted by atomic mass is 31.2. The zero-order valence-electron chi connectivity index (χ0n) is 19.7. The van der Waals surface area contributed by atoms with Crippen molar-refractivity contribution in [1.82, 2.24) is 9.76 Å². The van der Waals surface area contributed by atoms with Gasteiger partial charge in [-0.15, -0.1) is 0 Å². The van der Waals surface area contributed by atoms with Crippen molar-refractivity contribution in [2.24, 2.45) is 0 Å². The van der Waals surface area contributed by atoms with Crippen LogP contribution in [-0.2, 0) is 11.2 Å². The van der Waals surface area contributed by atoms with Gasteiger partial charge < -0.3 is 14.0 Å². The normalized spacial score (nSPS) is 21.5. The van der Waals surface area contributed by atoms with Crippen LogP contribution in [0.25, 0.3) is 0 Å². The van der Waals surface area contributed by atoms with E-state index in [1.807, 2.05) is 0 Å². The highest BCUT2D eigenvalue weighted by molar-refractivity contribution is 7.48. The zero-order valence-corrected chi connectivity index (χ0v) is 20.5. The molecule has 1 aromatic rings. The fourth-order valence-electron chi connectivity index (χ4n) is 4.06. The summed E-state index contributed by atoms with van der Waals surface area (Å²) < 4.78 is 20.2. The molecule has 1 N–H and O–H groups in total. The summed E-state index contributed by atoms with van der Waals surface area (Å²) >= 11 is 0. The molecule has 2 aliphatic rings. The van der Waals surface area contributed by atoms with Gasteiger partial charge in [0.25, 0.3) is 0 Å². The van der Waals surface area contributed by atoms with E-state index in [4.69, 9.17) is 14.0 Å². The minimum absolute atomic E-state index is 0.300. The first-order valence-corrected chi connectivity index (χ1v) is 12.8. The summed E-state index contributed by atoms with van der Waals surface area (Å²) in [6.45, 7) is 9.94. The van der Waals surface area contributed by atoms with Crippen LogP contribution < -0.4 is 14.3 Å². The van der Waals surface area contributed by atoms with Crippen LogP contribution in [0.2, 0.25) is 0 Å². The van der Waals surface area contributed by atoms with Gasteiger partial charge in [0, 0.05) is 18.0 Å². The SMILES string of the molecule is C=COc1cc(CCCCC)cc(OP(NCC2CO2)N(C)C)c1C1C=C(C)CCC1. The van der Waals surface area contributed by atoms with Gasteiger partial charge in [-0.2, -0.15) is 0 Å². The van der Waals surface area contributed by atoms with Crippen molar-refractivity contribution in [3.8, 4) is 11.5 Å². The molecule has 3 rings (SSSR count). The molecule has 0 saturated carbocycles. The Hall–Kier alpha value is -1.39. The molecule has 0 amide bonds. The molecule has 0 radical (unpaired) electrons. The van der Waals surface area contributed by atoms with Crippen LogP contribution >= 0.6 is 8.45 Å². The summed E-state index contributed by atoms with van der Waals surface area (Å²) in [6, 6.07) is 4.44. The fraction of sp³-hybridized carbons (Fsp3) is 0.600. The van der Waals surface area contributed by atoms with Gasteiger partial charge in [-0.05, 0) is 70.8 Å². The third kappa shape index (κ3) is 7.32. The van der Waals surface area contributed by atoms with E-state index >= 15 is 0 Å². The number of aryl methyl sites for hydroxylation is 1. The lowest BCUT2D eigenvalue weighted by Gasteiger charge is -2.29. The molecule has 1 aliphatic heterocycles. The predicted octanol–water partition coefficient (Wildman–Crippen LogP) is 6.31. The van der Waals surface area contributed by atoms with Gasteiger partial charge in [-0.25, -0.2) is 9.76 Å². The number of allylic oxidation sites excluding steroid dienone is 2. The van der Waals surface area contributed by atoms with E-state index in [2.05, 4.69) is 62.5 Å². The van der Waals surface area contributed by atoms with Gasteiger partial charge in [0.15, 0.2) is 0 Å². The molecule has 1 heterocycles. The average molecular weight is 447 g/mol. The quantitative estimate of drug-likeness (QED) is 0.126. The average Bonchev–Trinajstić information content (AvgIpc) is 3.56. The van der Waals surface area contributed by atoms with Crippen LogP contribution in [0, 0.1) is 0 Å². The number of nitrogens with zero attached hydrogens (tertiary/aromatic N) is 1. The molecule has 1 saturated heterocycles. The van der Waals surface area contributed by atoms with Crippen LogP contribution in [0.4, 0.5) is 0 Å². The lowest BCUT2D eigenvalue weighted by Crippen LogP contribution is -2.25. The van der Waals surface area contributed by atoms with Crippen molar-refractivity contribution in [2.75, 3.05) is 27.2 Å². The first-order chi connectivity index (χ1) is 15.0. The van der Waals surface area contributed by atoms with E-state index < -0.39 is 8.45 Å². The molecule has 0 bridgehead atoms. The lowest BCUT2D eigenvalue weighted by molar-refractivity contribution is 0.402. The summed E-state index contributed by atoms with van der Waals surface area (Å²) in [5.74, 6) is 2.12. The molecule has 0 spiro atoms. The van der Waals surface area contributed by atoms with Crippen LogP contribution in [0.1, 0.15) is 69.4 Å². The smallest absolute Gasteiger partial charge is 0.244 e. The molecule has 1 aliphatic carbocycles. The molecule has 1 aromatic carbocycles.